The Hall–Kier alpha value is -2.42. The van der Waals surface area contributed by atoms with Gasteiger partial charge in [0.1, 0.15) is 5.75 Å². The molecular formula is C21H27N3O4S. The van der Waals surface area contributed by atoms with Crippen molar-refractivity contribution in [2.45, 2.75) is 17.9 Å². The van der Waals surface area contributed by atoms with E-state index in [1.807, 2.05) is 38.2 Å². The number of carbonyl (C=O) groups is 1. The van der Waals surface area contributed by atoms with Gasteiger partial charge in [-0.05, 0) is 49.9 Å². The van der Waals surface area contributed by atoms with Gasteiger partial charge >= 0.3 is 0 Å². The van der Waals surface area contributed by atoms with Crippen molar-refractivity contribution in [3.8, 4) is 5.75 Å². The summed E-state index contributed by atoms with van der Waals surface area (Å²) in [6.45, 7) is 4.16. The minimum atomic E-state index is -3.62. The molecule has 2 aromatic carbocycles. The lowest BCUT2D eigenvalue weighted by molar-refractivity contribution is 0.0939. The number of nitrogens with one attached hydrogen (secondary N) is 1. The molecule has 3 rings (SSSR count). The first kappa shape index (κ1) is 21.3. The number of sulfonamides is 1. The largest absolute Gasteiger partial charge is 0.497 e. The Labute approximate surface area is 172 Å². The molecule has 1 unspecified atom stereocenters. The van der Waals surface area contributed by atoms with E-state index in [1.54, 1.807) is 19.2 Å². The number of amides is 1. The van der Waals surface area contributed by atoms with Gasteiger partial charge in [-0.3, -0.25) is 4.79 Å². The summed E-state index contributed by atoms with van der Waals surface area (Å²) in [4.78, 5) is 14.9. The number of methoxy groups -OCH3 is 1. The molecule has 7 nitrogen and oxygen atoms in total. The second kappa shape index (κ2) is 8.94. The van der Waals surface area contributed by atoms with E-state index in [4.69, 9.17) is 4.74 Å². The van der Waals surface area contributed by atoms with Gasteiger partial charge in [-0.25, -0.2) is 8.42 Å². The van der Waals surface area contributed by atoms with Crippen LogP contribution in [-0.4, -0.2) is 63.9 Å². The summed E-state index contributed by atoms with van der Waals surface area (Å²) in [5.41, 5.74) is 1.25. The molecule has 1 fully saturated rings. The molecule has 1 N–H and O–H groups in total. The topological polar surface area (TPSA) is 78.9 Å². The van der Waals surface area contributed by atoms with Crippen LogP contribution in [0.4, 0.5) is 0 Å². The highest BCUT2D eigenvalue weighted by molar-refractivity contribution is 7.89. The summed E-state index contributed by atoms with van der Waals surface area (Å²) in [6, 6.07) is 13.4. The van der Waals surface area contributed by atoms with E-state index in [1.165, 1.54) is 16.4 Å². The van der Waals surface area contributed by atoms with Crippen molar-refractivity contribution in [1.29, 1.82) is 0 Å². The van der Waals surface area contributed by atoms with Crippen molar-refractivity contribution in [3.05, 3.63) is 59.7 Å². The zero-order chi connectivity index (χ0) is 21.0. The Morgan fingerprint density at radius 3 is 2.34 bits per heavy atom. The molecule has 0 spiro atoms. The van der Waals surface area contributed by atoms with Gasteiger partial charge in [0.15, 0.2) is 0 Å². The van der Waals surface area contributed by atoms with Crippen molar-refractivity contribution < 1.29 is 17.9 Å². The number of ether oxygens (including phenoxy) is 1. The van der Waals surface area contributed by atoms with Crippen LogP contribution in [0.15, 0.2) is 53.4 Å². The number of rotatable bonds is 6. The maximum atomic E-state index is 12.9. The molecule has 0 radical (unpaired) electrons. The minimum absolute atomic E-state index is 0.145. The van der Waals surface area contributed by atoms with Gasteiger partial charge in [-0.1, -0.05) is 18.2 Å². The van der Waals surface area contributed by atoms with Gasteiger partial charge < -0.3 is 15.0 Å². The first-order valence-corrected chi connectivity index (χ1v) is 11.0. The number of hydrogen-bond acceptors (Lipinski definition) is 5. The monoisotopic (exact) mass is 417 g/mol. The smallest absolute Gasteiger partial charge is 0.251 e. The molecule has 0 aromatic heterocycles. The Kier molecular flexibility index (Phi) is 6.56. The highest BCUT2D eigenvalue weighted by atomic mass is 32.2. The van der Waals surface area contributed by atoms with Gasteiger partial charge in [-0.2, -0.15) is 4.31 Å². The van der Waals surface area contributed by atoms with Crippen molar-refractivity contribution in [1.82, 2.24) is 14.5 Å². The molecule has 0 saturated carbocycles. The highest BCUT2D eigenvalue weighted by Crippen LogP contribution is 2.20. The molecule has 1 saturated heterocycles. The molecule has 8 heteroatoms. The lowest BCUT2D eigenvalue weighted by Crippen LogP contribution is -2.47. The molecule has 2 aromatic rings. The van der Waals surface area contributed by atoms with Crippen LogP contribution in [-0.2, 0) is 10.0 Å². The normalized spacial score (nSPS) is 16.9. The Morgan fingerprint density at radius 1 is 1.07 bits per heavy atom. The van der Waals surface area contributed by atoms with Gasteiger partial charge in [0.05, 0.1) is 18.0 Å². The average molecular weight is 418 g/mol. The van der Waals surface area contributed by atoms with Crippen LogP contribution in [0.2, 0.25) is 0 Å². The summed E-state index contributed by atoms with van der Waals surface area (Å²) in [6.07, 6.45) is 0. The predicted octanol–water partition coefficient (Wildman–Crippen LogP) is 2.12. The highest BCUT2D eigenvalue weighted by Gasteiger charge is 2.28. The van der Waals surface area contributed by atoms with E-state index in [0.717, 1.165) is 11.3 Å². The Morgan fingerprint density at radius 2 is 1.72 bits per heavy atom. The minimum Gasteiger partial charge on any atom is -0.497 e. The molecule has 1 atom stereocenters. The number of carbonyl (C=O) groups excluding carboxylic acids is 1. The Bertz CT molecular complexity index is 952. The summed E-state index contributed by atoms with van der Waals surface area (Å²) < 4.78 is 32.5. The van der Waals surface area contributed by atoms with Gasteiger partial charge in [0.2, 0.25) is 10.0 Å². The molecule has 1 aliphatic heterocycles. The zero-order valence-electron chi connectivity index (χ0n) is 17.0. The van der Waals surface area contributed by atoms with E-state index in [0.29, 0.717) is 31.7 Å². The van der Waals surface area contributed by atoms with Crippen LogP contribution in [0.5, 0.6) is 5.75 Å². The van der Waals surface area contributed by atoms with E-state index < -0.39 is 10.0 Å². The number of piperazine rings is 1. The number of hydrogen-bond donors (Lipinski definition) is 1. The van der Waals surface area contributed by atoms with Crippen LogP contribution >= 0.6 is 0 Å². The van der Waals surface area contributed by atoms with Gasteiger partial charge in [0.25, 0.3) is 5.91 Å². The van der Waals surface area contributed by atoms with Crippen molar-refractivity contribution in [2.24, 2.45) is 0 Å². The third-order valence-corrected chi connectivity index (χ3v) is 7.05. The second-order valence-corrected chi connectivity index (χ2v) is 9.14. The lowest BCUT2D eigenvalue weighted by Gasteiger charge is -2.31. The van der Waals surface area contributed by atoms with Crippen LogP contribution in [0.1, 0.15) is 28.9 Å². The van der Waals surface area contributed by atoms with Crippen molar-refractivity contribution in [3.63, 3.8) is 0 Å². The third kappa shape index (κ3) is 4.95. The second-order valence-electron chi connectivity index (χ2n) is 7.20. The molecule has 29 heavy (non-hydrogen) atoms. The van der Waals surface area contributed by atoms with Crippen LogP contribution in [0.3, 0.4) is 0 Å². The first-order valence-electron chi connectivity index (χ1n) is 9.55. The molecule has 1 amide bonds. The fraction of sp³-hybridized carbons (Fsp3) is 0.381. The SMILES string of the molecule is COc1ccc(C(C)NC(=O)c2cccc(S(=O)(=O)N3CCN(C)CC3)c2)cc1. The third-order valence-electron chi connectivity index (χ3n) is 5.16. The van der Waals surface area contributed by atoms with Crippen LogP contribution < -0.4 is 10.1 Å². The number of likely N-dealkylation sites (N-methyl/N-ethyl adjacent to an activating group) is 1. The summed E-state index contributed by atoms with van der Waals surface area (Å²) >= 11 is 0. The Balaban J connectivity index is 1.73. The van der Waals surface area contributed by atoms with Crippen molar-refractivity contribution >= 4 is 15.9 Å². The summed E-state index contributed by atoms with van der Waals surface area (Å²) in [5, 5.41) is 2.92. The van der Waals surface area contributed by atoms with E-state index in [-0.39, 0.29) is 16.8 Å². The van der Waals surface area contributed by atoms with E-state index in [2.05, 4.69) is 10.2 Å². The number of benzene rings is 2. The lowest BCUT2D eigenvalue weighted by atomic mass is 10.1. The quantitative estimate of drug-likeness (QED) is 0.779. The van der Waals surface area contributed by atoms with Crippen molar-refractivity contribution in [2.75, 3.05) is 40.3 Å². The van der Waals surface area contributed by atoms with E-state index in [9.17, 15) is 13.2 Å². The molecule has 156 valence electrons. The van der Waals surface area contributed by atoms with Gasteiger partial charge in [0, 0.05) is 31.7 Å². The number of nitrogens with zero attached hydrogens (tertiary/aromatic N) is 2. The fourth-order valence-electron chi connectivity index (χ4n) is 3.23. The maximum absolute atomic E-state index is 12.9. The van der Waals surface area contributed by atoms with Gasteiger partial charge in [-0.15, -0.1) is 0 Å². The summed E-state index contributed by atoms with van der Waals surface area (Å²) in [5.74, 6) is 0.429. The molecule has 1 heterocycles. The summed E-state index contributed by atoms with van der Waals surface area (Å²) in [7, 11) is -0.0453. The van der Waals surface area contributed by atoms with Crippen LogP contribution in [0, 0.1) is 0 Å². The molecule has 0 bridgehead atoms. The maximum Gasteiger partial charge on any atom is 0.251 e. The average Bonchev–Trinajstić information content (AvgIpc) is 2.74. The zero-order valence-corrected chi connectivity index (χ0v) is 17.8. The first-order chi connectivity index (χ1) is 13.8. The standard InChI is InChI=1S/C21H27N3O4S/c1-16(17-7-9-19(28-3)10-8-17)22-21(25)18-5-4-6-20(15-18)29(26,27)24-13-11-23(2)12-14-24/h4-10,15-16H,11-14H2,1-3H3,(H,22,25). The molecule has 0 aliphatic carbocycles. The predicted molar refractivity (Wildman–Crippen MR) is 112 cm³/mol. The molecular weight excluding hydrogens is 390 g/mol. The fourth-order valence-corrected chi connectivity index (χ4v) is 4.70. The van der Waals surface area contributed by atoms with E-state index >= 15 is 0 Å². The van der Waals surface area contributed by atoms with Crippen LogP contribution in [0.25, 0.3) is 0 Å². The molecule has 1 aliphatic rings.